The number of hydrogen-bond donors (Lipinski definition) is 1. The van der Waals surface area contributed by atoms with Gasteiger partial charge in [-0.3, -0.25) is 0 Å². The van der Waals surface area contributed by atoms with E-state index in [1.54, 1.807) is 0 Å². The summed E-state index contributed by atoms with van der Waals surface area (Å²) in [5.74, 6) is 1.20. The second-order valence-corrected chi connectivity index (χ2v) is 5.79. The van der Waals surface area contributed by atoms with Crippen LogP contribution in [0, 0.1) is 17.2 Å². The molecule has 0 saturated carbocycles. The molecule has 1 aliphatic heterocycles. The number of benzene rings is 1. The molecule has 1 unspecified atom stereocenters. The van der Waals surface area contributed by atoms with Gasteiger partial charge in [0.1, 0.15) is 18.4 Å². The molecular formula is C17H16N4O3. The number of aromatic amines is 1. The zero-order chi connectivity index (χ0) is 16.4. The Morgan fingerprint density at radius 1 is 1.38 bits per heavy atom. The van der Waals surface area contributed by atoms with Gasteiger partial charge in [-0.05, 0) is 12.5 Å². The standard InChI is InChI=1S/C17H16N4O3/c18-7-13-12-3-1-2-4-14(12)19-16(13)17-20-15(21-24-17)10-23-9-11-5-6-22-8-11/h1-4,11,19H,5-6,8-10H2. The molecule has 1 aliphatic rings. The molecule has 4 rings (SSSR count). The lowest BCUT2D eigenvalue weighted by Gasteiger charge is -2.06. The number of aromatic nitrogens is 3. The van der Waals surface area contributed by atoms with Gasteiger partial charge in [0, 0.05) is 23.4 Å². The fraction of sp³-hybridized carbons (Fsp3) is 0.353. The van der Waals surface area contributed by atoms with Crippen LogP contribution in [-0.2, 0) is 16.1 Å². The van der Waals surface area contributed by atoms with E-state index in [1.807, 2.05) is 24.3 Å². The minimum Gasteiger partial charge on any atom is -0.381 e. The van der Waals surface area contributed by atoms with Crippen LogP contribution in [0.25, 0.3) is 22.5 Å². The van der Waals surface area contributed by atoms with E-state index in [0.717, 1.165) is 30.5 Å². The molecule has 122 valence electrons. The van der Waals surface area contributed by atoms with Crippen LogP contribution in [0.2, 0.25) is 0 Å². The summed E-state index contributed by atoms with van der Waals surface area (Å²) in [5, 5.41) is 14.2. The maximum absolute atomic E-state index is 9.44. The fourth-order valence-electron chi connectivity index (χ4n) is 2.86. The molecule has 0 amide bonds. The second kappa shape index (κ2) is 6.43. The third-order valence-corrected chi connectivity index (χ3v) is 4.11. The molecule has 3 heterocycles. The predicted molar refractivity (Wildman–Crippen MR) is 84.9 cm³/mol. The van der Waals surface area contributed by atoms with Crippen LogP contribution in [0.3, 0.4) is 0 Å². The van der Waals surface area contributed by atoms with Crippen LogP contribution in [0.4, 0.5) is 0 Å². The molecule has 0 radical (unpaired) electrons. The lowest BCUT2D eigenvalue weighted by molar-refractivity contribution is 0.0742. The van der Waals surface area contributed by atoms with Crippen LogP contribution in [0.1, 0.15) is 17.8 Å². The monoisotopic (exact) mass is 324 g/mol. The first-order chi connectivity index (χ1) is 11.8. The minimum atomic E-state index is 0.280. The smallest absolute Gasteiger partial charge is 0.275 e. The van der Waals surface area contributed by atoms with Crippen molar-refractivity contribution in [1.29, 1.82) is 5.26 Å². The van der Waals surface area contributed by atoms with E-state index < -0.39 is 0 Å². The highest BCUT2D eigenvalue weighted by Gasteiger charge is 2.19. The van der Waals surface area contributed by atoms with Gasteiger partial charge in [-0.25, -0.2) is 0 Å². The van der Waals surface area contributed by atoms with Crippen molar-refractivity contribution in [2.45, 2.75) is 13.0 Å². The molecule has 0 aliphatic carbocycles. The van der Waals surface area contributed by atoms with Gasteiger partial charge < -0.3 is 19.0 Å². The van der Waals surface area contributed by atoms with Crippen molar-refractivity contribution in [2.75, 3.05) is 19.8 Å². The van der Waals surface area contributed by atoms with E-state index in [1.165, 1.54) is 0 Å². The fourth-order valence-corrected chi connectivity index (χ4v) is 2.86. The van der Waals surface area contributed by atoms with Crippen LogP contribution in [0.15, 0.2) is 28.8 Å². The quantitative estimate of drug-likeness (QED) is 0.775. The van der Waals surface area contributed by atoms with Gasteiger partial charge >= 0.3 is 0 Å². The number of nitriles is 1. The van der Waals surface area contributed by atoms with Crippen LogP contribution < -0.4 is 0 Å². The zero-order valence-electron chi connectivity index (χ0n) is 13.0. The van der Waals surface area contributed by atoms with E-state index >= 15 is 0 Å². The van der Waals surface area contributed by atoms with E-state index in [2.05, 4.69) is 21.2 Å². The number of nitrogens with zero attached hydrogens (tertiary/aromatic N) is 3. The molecule has 3 aromatic rings. The number of hydrogen-bond acceptors (Lipinski definition) is 6. The second-order valence-electron chi connectivity index (χ2n) is 5.79. The Morgan fingerprint density at radius 2 is 2.29 bits per heavy atom. The largest absolute Gasteiger partial charge is 0.381 e. The molecule has 1 aromatic carbocycles. The molecule has 1 N–H and O–H groups in total. The number of H-pyrrole nitrogens is 1. The number of para-hydroxylation sites is 1. The summed E-state index contributed by atoms with van der Waals surface area (Å²) >= 11 is 0. The Hall–Kier alpha value is -2.69. The molecule has 0 spiro atoms. The first-order valence-corrected chi connectivity index (χ1v) is 7.84. The molecule has 24 heavy (non-hydrogen) atoms. The van der Waals surface area contributed by atoms with Gasteiger partial charge in [-0.15, -0.1) is 0 Å². The van der Waals surface area contributed by atoms with Crippen LogP contribution >= 0.6 is 0 Å². The van der Waals surface area contributed by atoms with Gasteiger partial charge in [-0.1, -0.05) is 23.4 Å². The molecule has 0 bridgehead atoms. The van der Waals surface area contributed by atoms with Crippen LogP contribution in [-0.4, -0.2) is 34.9 Å². The Labute approximate surface area is 138 Å². The third-order valence-electron chi connectivity index (χ3n) is 4.11. The Morgan fingerprint density at radius 3 is 3.12 bits per heavy atom. The maximum Gasteiger partial charge on any atom is 0.275 e. The summed E-state index contributed by atoms with van der Waals surface area (Å²) in [4.78, 5) is 7.50. The topological polar surface area (TPSA) is 97.0 Å². The van der Waals surface area contributed by atoms with Crippen LogP contribution in [0.5, 0.6) is 0 Å². The van der Waals surface area contributed by atoms with Gasteiger partial charge in [0.2, 0.25) is 0 Å². The number of fused-ring (bicyclic) bond motifs is 1. The Kier molecular flexibility index (Phi) is 3.99. The normalized spacial score (nSPS) is 17.4. The lowest BCUT2D eigenvalue weighted by Crippen LogP contribution is -2.09. The van der Waals surface area contributed by atoms with E-state index in [9.17, 15) is 5.26 Å². The Bertz CT molecular complexity index is 887. The van der Waals surface area contributed by atoms with Gasteiger partial charge in [0.25, 0.3) is 5.89 Å². The summed E-state index contributed by atoms with van der Waals surface area (Å²) in [6, 6.07) is 9.79. The van der Waals surface area contributed by atoms with Crippen molar-refractivity contribution < 1.29 is 14.0 Å². The Balaban J connectivity index is 1.51. The average Bonchev–Trinajstić information content (AvgIpc) is 3.34. The summed E-state index contributed by atoms with van der Waals surface area (Å²) < 4.78 is 16.2. The number of nitrogens with one attached hydrogen (secondary N) is 1. The van der Waals surface area contributed by atoms with Crippen molar-refractivity contribution in [3.8, 4) is 17.7 Å². The SMILES string of the molecule is N#Cc1c(-c2nc(COCC3CCOC3)no2)[nH]c2ccccc12. The maximum atomic E-state index is 9.44. The van der Waals surface area contributed by atoms with E-state index in [4.69, 9.17) is 14.0 Å². The predicted octanol–water partition coefficient (Wildman–Crippen LogP) is 2.64. The van der Waals surface area contributed by atoms with Crippen molar-refractivity contribution in [1.82, 2.24) is 15.1 Å². The van der Waals surface area contributed by atoms with Crippen molar-refractivity contribution in [3.05, 3.63) is 35.7 Å². The highest BCUT2D eigenvalue weighted by Crippen LogP contribution is 2.28. The van der Waals surface area contributed by atoms with E-state index in [0.29, 0.717) is 35.5 Å². The van der Waals surface area contributed by atoms with Gasteiger partial charge in [-0.2, -0.15) is 10.2 Å². The summed E-state index contributed by atoms with van der Waals surface area (Å²) in [5.41, 5.74) is 1.91. The number of ether oxygens (including phenoxy) is 2. The molecule has 7 heteroatoms. The molecule has 7 nitrogen and oxygen atoms in total. The van der Waals surface area contributed by atoms with Gasteiger partial charge in [0.05, 0.1) is 18.8 Å². The molecule has 1 atom stereocenters. The number of rotatable bonds is 5. The minimum absolute atomic E-state index is 0.280. The lowest BCUT2D eigenvalue weighted by atomic mass is 10.1. The first-order valence-electron chi connectivity index (χ1n) is 7.84. The molecular weight excluding hydrogens is 308 g/mol. The van der Waals surface area contributed by atoms with Crippen molar-refractivity contribution in [3.63, 3.8) is 0 Å². The first kappa shape index (κ1) is 14.9. The van der Waals surface area contributed by atoms with Crippen molar-refractivity contribution in [2.24, 2.45) is 5.92 Å². The zero-order valence-corrected chi connectivity index (χ0v) is 13.0. The average molecular weight is 324 g/mol. The third kappa shape index (κ3) is 2.77. The summed E-state index contributed by atoms with van der Waals surface area (Å²) in [7, 11) is 0. The highest BCUT2D eigenvalue weighted by molar-refractivity contribution is 5.92. The van der Waals surface area contributed by atoms with Gasteiger partial charge in [0.15, 0.2) is 5.82 Å². The highest BCUT2D eigenvalue weighted by atomic mass is 16.5. The molecule has 1 saturated heterocycles. The molecule has 2 aromatic heterocycles. The van der Waals surface area contributed by atoms with Crippen molar-refractivity contribution >= 4 is 10.9 Å². The van der Waals surface area contributed by atoms with E-state index in [-0.39, 0.29) is 6.61 Å². The molecule has 1 fully saturated rings. The summed E-state index contributed by atoms with van der Waals surface area (Å²) in [6.07, 6.45) is 1.03. The summed E-state index contributed by atoms with van der Waals surface area (Å²) in [6.45, 7) is 2.46.